The first-order chi connectivity index (χ1) is 42.3. The first-order valence-electron chi connectivity index (χ1n) is 29.7. The number of benzene rings is 15. The standard InChI is InChI=1S/C83H50N2/c1-3-24-51(25-4-1)84-73-46-17-13-34-65(73)79-57(40-22-48-75(79)84)55-36-19-38-60-68(55)50-69-56(58-41-23-49-76-80(58)66-35-14-18-47-74(66)85(76)52-26-5-2-6-27-52)37-20-39-61(69)77(60)67-42-21-45-72-78(67)63-32-11-15-43-70(63)83(72)71-44-16-12-33-64(71)81-59-30-9-7-28-53(59)54-29-8-10-31-62(54)82(81)83/h1-50H. The minimum atomic E-state index is -0.598. The fraction of sp³-hybridized carbons (Fsp3) is 0.0120. The van der Waals surface area contributed by atoms with Gasteiger partial charge < -0.3 is 9.13 Å². The highest BCUT2D eigenvalue weighted by molar-refractivity contribution is 6.27. The summed E-state index contributed by atoms with van der Waals surface area (Å²) < 4.78 is 4.88. The van der Waals surface area contributed by atoms with Crippen LogP contribution in [0.2, 0.25) is 0 Å². The van der Waals surface area contributed by atoms with E-state index >= 15 is 0 Å². The Morgan fingerprint density at radius 1 is 0.200 bits per heavy atom. The van der Waals surface area contributed by atoms with E-state index in [1.165, 1.54) is 165 Å². The van der Waals surface area contributed by atoms with Gasteiger partial charge in [-0.25, -0.2) is 0 Å². The van der Waals surface area contributed by atoms with Crippen molar-refractivity contribution in [3.63, 3.8) is 0 Å². The van der Waals surface area contributed by atoms with Crippen molar-refractivity contribution in [2.45, 2.75) is 5.41 Å². The van der Waals surface area contributed by atoms with Gasteiger partial charge in [-0.05, 0) is 176 Å². The van der Waals surface area contributed by atoms with E-state index in [0.29, 0.717) is 0 Å². The van der Waals surface area contributed by atoms with Gasteiger partial charge in [-0.1, -0.05) is 249 Å². The Hall–Kier alpha value is -11.1. The molecule has 2 nitrogen and oxygen atoms in total. The zero-order valence-corrected chi connectivity index (χ0v) is 46.3. The van der Waals surface area contributed by atoms with Crippen LogP contribution < -0.4 is 0 Å². The quantitative estimate of drug-likeness (QED) is 0.120. The highest BCUT2D eigenvalue weighted by Crippen LogP contribution is 2.67. The van der Waals surface area contributed by atoms with E-state index in [4.69, 9.17) is 0 Å². The van der Waals surface area contributed by atoms with Crippen LogP contribution in [0.15, 0.2) is 303 Å². The molecule has 2 aromatic heterocycles. The van der Waals surface area contributed by atoms with Crippen LogP contribution in [0, 0.1) is 0 Å². The Labute approximate surface area is 491 Å². The van der Waals surface area contributed by atoms with Crippen molar-refractivity contribution in [1.29, 1.82) is 0 Å². The van der Waals surface area contributed by atoms with Gasteiger partial charge in [0.25, 0.3) is 0 Å². The molecule has 19 rings (SSSR count). The van der Waals surface area contributed by atoms with Gasteiger partial charge in [0, 0.05) is 32.9 Å². The second kappa shape index (κ2) is 17.5. The Bertz CT molecular complexity index is 5510. The topological polar surface area (TPSA) is 9.86 Å². The normalized spacial score (nSPS) is 14.2. The third-order valence-corrected chi connectivity index (χ3v) is 19.3. The Morgan fingerprint density at radius 2 is 0.553 bits per heavy atom. The van der Waals surface area contributed by atoms with Crippen molar-refractivity contribution < 1.29 is 0 Å². The van der Waals surface area contributed by atoms with Crippen LogP contribution in [0.25, 0.3) is 154 Å². The van der Waals surface area contributed by atoms with Crippen LogP contribution in [-0.2, 0) is 5.41 Å². The lowest BCUT2D eigenvalue weighted by molar-refractivity contribution is 0.802. The molecule has 15 aromatic carbocycles. The number of aromatic nitrogens is 2. The van der Waals surface area contributed by atoms with Crippen molar-refractivity contribution in [3.8, 4) is 67.0 Å². The van der Waals surface area contributed by atoms with Crippen molar-refractivity contribution in [2.75, 3.05) is 0 Å². The van der Waals surface area contributed by atoms with Gasteiger partial charge >= 0.3 is 0 Å². The Balaban J connectivity index is 0.964. The average molecular weight is 1080 g/mol. The van der Waals surface area contributed by atoms with Crippen molar-refractivity contribution in [2.24, 2.45) is 0 Å². The Kier molecular flexibility index (Phi) is 9.57. The molecular formula is C83H50N2. The molecule has 0 saturated heterocycles. The minimum absolute atomic E-state index is 0.598. The molecule has 0 amide bonds. The number of hydrogen-bond donors (Lipinski definition) is 0. The lowest BCUT2D eigenvalue weighted by Crippen LogP contribution is -2.26. The molecule has 17 aromatic rings. The maximum absolute atomic E-state index is 2.54. The van der Waals surface area contributed by atoms with E-state index < -0.39 is 5.41 Å². The molecule has 2 heteroatoms. The molecule has 0 aliphatic heterocycles. The zero-order chi connectivity index (χ0) is 55.5. The summed E-state index contributed by atoms with van der Waals surface area (Å²) in [5.41, 5.74) is 24.4. The summed E-state index contributed by atoms with van der Waals surface area (Å²) in [6.07, 6.45) is 0. The summed E-state index contributed by atoms with van der Waals surface area (Å²) in [5.74, 6) is 0. The highest BCUT2D eigenvalue weighted by atomic mass is 15.0. The first kappa shape index (κ1) is 46.5. The van der Waals surface area contributed by atoms with Gasteiger partial charge in [0.15, 0.2) is 0 Å². The van der Waals surface area contributed by atoms with Crippen LogP contribution >= 0.6 is 0 Å². The second-order valence-corrected chi connectivity index (χ2v) is 23.2. The number of fused-ring (bicyclic) bond motifs is 23. The van der Waals surface area contributed by atoms with E-state index in [2.05, 4.69) is 312 Å². The van der Waals surface area contributed by atoms with Gasteiger partial charge in [0.1, 0.15) is 0 Å². The van der Waals surface area contributed by atoms with Gasteiger partial charge in [0.2, 0.25) is 0 Å². The molecule has 1 spiro atoms. The average Bonchev–Trinajstić information content (AvgIpc) is 3.95. The third kappa shape index (κ3) is 6.12. The van der Waals surface area contributed by atoms with Gasteiger partial charge in [-0.2, -0.15) is 0 Å². The van der Waals surface area contributed by atoms with Gasteiger partial charge in [-0.3, -0.25) is 0 Å². The third-order valence-electron chi connectivity index (χ3n) is 19.3. The second-order valence-electron chi connectivity index (χ2n) is 23.2. The fourth-order valence-electron chi connectivity index (χ4n) is 16.2. The van der Waals surface area contributed by atoms with Crippen LogP contribution in [0.3, 0.4) is 0 Å². The van der Waals surface area contributed by atoms with Crippen molar-refractivity contribution in [3.05, 3.63) is 326 Å². The molecule has 2 heterocycles. The monoisotopic (exact) mass is 1070 g/mol. The van der Waals surface area contributed by atoms with E-state index in [1.54, 1.807) is 0 Å². The first-order valence-corrected chi connectivity index (χ1v) is 29.7. The number of nitrogens with zero attached hydrogens (tertiary/aromatic N) is 2. The highest BCUT2D eigenvalue weighted by Gasteiger charge is 2.53. The molecule has 0 saturated carbocycles. The molecular weight excluding hydrogens is 1020 g/mol. The molecule has 1 atom stereocenters. The number of rotatable bonds is 5. The molecule has 1 unspecified atom stereocenters. The summed E-state index contributed by atoms with van der Waals surface area (Å²) >= 11 is 0. The predicted molar refractivity (Wildman–Crippen MR) is 358 cm³/mol. The molecule has 0 fully saturated rings. The molecule has 0 radical (unpaired) electrons. The van der Waals surface area contributed by atoms with E-state index in [0.717, 1.165) is 11.4 Å². The lowest BCUT2D eigenvalue weighted by atomic mass is 9.69. The number of hydrogen-bond acceptors (Lipinski definition) is 0. The molecule has 0 bridgehead atoms. The van der Waals surface area contributed by atoms with Crippen LogP contribution in [0.5, 0.6) is 0 Å². The summed E-state index contributed by atoms with van der Waals surface area (Å²) in [5, 5.41) is 15.0. The van der Waals surface area contributed by atoms with Gasteiger partial charge in [-0.15, -0.1) is 0 Å². The predicted octanol–water partition coefficient (Wildman–Crippen LogP) is 21.8. The largest absolute Gasteiger partial charge is 0.309 e. The number of para-hydroxylation sites is 4. The van der Waals surface area contributed by atoms with Crippen molar-refractivity contribution >= 4 is 86.7 Å². The maximum atomic E-state index is 2.54. The summed E-state index contributed by atoms with van der Waals surface area (Å²) in [7, 11) is 0. The molecule has 392 valence electrons. The lowest BCUT2D eigenvalue weighted by Gasteiger charge is -2.32. The van der Waals surface area contributed by atoms with E-state index in [-0.39, 0.29) is 0 Å². The summed E-state index contributed by atoms with van der Waals surface area (Å²) in [6.45, 7) is 0. The molecule has 2 aliphatic carbocycles. The zero-order valence-electron chi connectivity index (χ0n) is 46.3. The molecule has 0 N–H and O–H groups in total. The molecule has 2 aliphatic rings. The Morgan fingerprint density at radius 3 is 1.12 bits per heavy atom. The SMILES string of the molecule is c1ccc(-n2c3ccccc3c3c(-c4cccc5c(-c6cccc7c6-c6ccccc6C76c7ccccc7-c7c6c6ccccc6c6ccccc76)c6cccc(-c7cccc8c7c7ccccc7n8-c7ccccc7)c6cc45)cccc32)cc1. The molecule has 85 heavy (non-hydrogen) atoms. The maximum Gasteiger partial charge on any atom is 0.0731 e. The van der Waals surface area contributed by atoms with E-state index in [9.17, 15) is 0 Å². The van der Waals surface area contributed by atoms with Crippen LogP contribution in [0.4, 0.5) is 0 Å². The van der Waals surface area contributed by atoms with Crippen LogP contribution in [0.1, 0.15) is 22.3 Å². The van der Waals surface area contributed by atoms with Crippen molar-refractivity contribution in [1.82, 2.24) is 9.13 Å². The van der Waals surface area contributed by atoms with E-state index in [1.807, 2.05) is 0 Å². The summed E-state index contributed by atoms with van der Waals surface area (Å²) in [4.78, 5) is 0. The smallest absolute Gasteiger partial charge is 0.0731 e. The van der Waals surface area contributed by atoms with Crippen LogP contribution in [-0.4, -0.2) is 9.13 Å². The van der Waals surface area contributed by atoms with Gasteiger partial charge in [0.05, 0.1) is 27.5 Å². The minimum Gasteiger partial charge on any atom is -0.309 e. The fourth-order valence-corrected chi connectivity index (χ4v) is 16.2. The summed E-state index contributed by atoms with van der Waals surface area (Å²) in [6, 6.07) is 114.